The van der Waals surface area contributed by atoms with Crippen molar-refractivity contribution in [1.82, 2.24) is 5.32 Å². The third-order valence-electron chi connectivity index (χ3n) is 2.97. The monoisotopic (exact) mass is 211 g/mol. The highest BCUT2D eigenvalue weighted by molar-refractivity contribution is 8.00. The molecule has 2 aliphatic rings. The number of carbonyl (C=O) groups excluding carboxylic acids is 1. The summed E-state index contributed by atoms with van der Waals surface area (Å²) < 4.78 is 0.395. The Balaban J connectivity index is 1.82. The summed E-state index contributed by atoms with van der Waals surface area (Å²) in [5.41, 5.74) is 1.14. The Hall–Kier alpha value is -0.440. The predicted octanol–water partition coefficient (Wildman–Crippen LogP) is 2.11. The number of rotatable bonds is 3. The van der Waals surface area contributed by atoms with Gasteiger partial charge in [0.2, 0.25) is 0 Å². The fraction of sp³-hybridized carbons (Fsp3) is 0.727. The molecule has 1 aliphatic heterocycles. The van der Waals surface area contributed by atoms with Gasteiger partial charge < -0.3 is 5.32 Å². The maximum Gasteiger partial charge on any atom is 0.157 e. The lowest BCUT2D eigenvalue weighted by Gasteiger charge is -2.23. The van der Waals surface area contributed by atoms with Crippen LogP contribution in [0.15, 0.2) is 11.8 Å². The molecule has 1 N–H and O–H groups in total. The minimum Gasteiger partial charge on any atom is -0.387 e. The highest BCUT2D eigenvalue weighted by Gasteiger charge is 2.29. The molecule has 0 spiro atoms. The second-order valence-corrected chi connectivity index (χ2v) is 6.07. The maximum absolute atomic E-state index is 11.0. The van der Waals surface area contributed by atoms with Gasteiger partial charge in [-0.25, -0.2) is 0 Å². The summed E-state index contributed by atoms with van der Waals surface area (Å²) >= 11 is 2.05. The molecule has 0 amide bonds. The number of nitrogens with one attached hydrogen (secondary N) is 1. The predicted molar refractivity (Wildman–Crippen MR) is 60.4 cm³/mol. The van der Waals surface area contributed by atoms with E-state index in [2.05, 4.69) is 24.0 Å². The molecule has 0 aromatic rings. The number of hydrogen-bond donors (Lipinski definition) is 1. The van der Waals surface area contributed by atoms with Gasteiger partial charge in [-0.3, -0.25) is 4.79 Å². The van der Waals surface area contributed by atoms with Crippen LogP contribution < -0.4 is 5.32 Å². The lowest BCUT2D eigenvalue weighted by Crippen LogP contribution is -2.32. The van der Waals surface area contributed by atoms with Crippen molar-refractivity contribution < 1.29 is 4.79 Å². The van der Waals surface area contributed by atoms with Gasteiger partial charge in [-0.05, 0) is 31.9 Å². The SMILES string of the molecule is CC1(CNC2=CC(=O)CC2)CCCS1. The van der Waals surface area contributed by atoms with Crippen LogP contribution >= 0.6 is 11.8 Å². The van der Waals surface area contributed by atoms with Crippen LogP contribution in [0.2, 0.25) is 0 Å². The summed E-state index contributed by atoms with van der Waals surface area (Å²) in [5, 5.41) is 3.41. The van der Waals surface area contributed by atoms with E-state index in [1.54, 1.807) is 6.08 Å². The molecule has 1 aliphatic carbocycles. The van der Waals surface area contributed by atoms with Crippen LogP contribution in [0.25, 0.3) is 0 Å². The van der Waals surface area contributed by atoms with E-state index in [0.29, 0.717) is 11.2 Å². The minimum absolute atomic E-state index is 0.275. The first-order chi connectivity index (χ1) is 6.68. The van der Waals surface area contributed by atoms with Crippen molar-refractivity contribution in [2.24, 2.45) is 0 Å². The first-order valence-corrected chi connectivity index (χ1v) is 6.28. The van der Waals surface area contributed by atoms with E-state index in [-0.39, 0.29) is 5.78 Å². The first kappa shape index (κ1) is 10.1. The molecule has 0 aromatic carbocycles. The van der Waals surface area contributed by atoms with Crippen molar-refractivity contribution in [3.05, 3.63) is 11.8 Å². The summed E-state index contributed by atoms with van der Waals surface area (Å²) in [6, 6.07) is 0. The Morgan fingerprint density at radius 3 is 3.00 bits per heavy atom. The Bertz CT molecular complexity index is 266. The lowest BCUT2D eigenvalue weighted by molar-refractivity contribution is -0.114. The van der Waals surface area contributed by atoms with Crippen LogP contribution in [-0.2, 0) is 4.79 Å². The molecular formula is C11H17NOS. The quantitative estimate of drug-likeness (QED) is 0.775. The van der Waals surface area contributed by atoms with E-state index >= 15 is 0 Å². The van der Waals surface area contributed by atoms with Crippen LogP contribution in [0.3, 0.4) is 0 Å². The van der Waals surface area contributed by atoms with Crippen molar-refractivity contribution in [3.63, 3.8) is 0 Å². The molecule has 1 heterocycles. The van der Waals surface area contributed by atoms with E-state index in [1.807, 2.05) is 0 Å². The highest BCUT2D eigenvalue weighted by Crippen LogP contribution is 2.37. The molecule has 14 heavy (non-hydrogen) atoms. The number of thioether (sulfide) groups is 1. The summed E-state index contributed by atoms with van der Waals surface area (Å²) in [6.45, 7) is 3.33. The third kappa shape index (κ3) is 2.32. The fourth-order valence-corrected chi connectivity index (χ4v) is 3.26. The normalized spacial score (nSPS) is 32.1. The second-order valence-electron chi connectivity index (χ2n) is 4.39. The zero-order valence-electron chi connectivity index (χ0n) is 8.64. The highest BCUT2D eigenvalue weighted by atomic mass is 32.2. The van der Waals surface area contributed by atoms with Crippen LogP contribution in [0.5, 0.6) is 0 Å². The number of hydrogen-bond acceptors (Lipinski definition) is 3. The first-order valence-electron chi connectivity index (χ1n) is 5.29. The van der Waals surface area contributed by atoms with Gasteiger partial charge in [-0.1, -0.05) is 0 Å². The summed E-state index contributed by atoms with van der Waals surface area (Å²) in [7, 11) is 0. The van der Waals surface area contributed by atoms with Gasteiger partial charge in [-0.15, -0.1) is 0 Å². The van der Waals surface area contributed by atoms with Crippen LogP contribution in [0.4, 0.5) is 0 Å². The van der Waals surface area contributed by atoms with Gasteiger partial charge >= 0.3 is 0 Å². The molecule has 0 bridgehead atoms. The average Bonchev–Trinajstić information content (AvgIpc) is 2.73. The number of allylic oxidation sites excluding steroid dienone is 2. The molecule has 3 heteroatoms. The topological polar surface area (TPSA) is 29.1 Å². The van der Waals surface area contributed by atoms with Gasteiger partial charge in [0.05, 0.1) is 0 Å². The van der Waals surface area contributed by atoms with Gasteiger partial charge in [0, 0.05) is 29.5 Å². The summed E-state index contributed by atoms with van der Waals surface area (Å²) in [5.74, 6) is 1.56. The Morgan fingerprint density at radius 2 is 2.43 bits per heavy atom. The Labute approximate surface area is 89.5 Å². The fourth-order valence-electron chi connectivity index (χ4n) is 2.01. The average molecular weight is 211 g/mol. The zero-order chi connectivity index (χ0) is 10.0. The smallest absolute Gasteiger partial charge is 0.157 e. The van der Waals surface area contributed by atoms with Crippen LogP contribution in [0, 0.1) is 0 Å². The minimum atomic E-state index is 0.275. The maximum atomic E-state index is 11.0. The zero-order valence-corrected chi connectivity index (χ0v) is 9.45. The van der Waals surface area contributed by atoms with Gasteiger partial charge in [0.15, 0.2) is 5.78 Å². The van der Waals surface area contributed by atoms with Crippen LogP contribution in [-0.4, -0.2) is 22.8 Å². The van der Waals surface area contributed by atoms with Gasteiger partial charge in [-0.2, -0.15) is 11.8 Å². The lowest BCUT2D eigenvalue weighted by atomic mass is 10.1. The second kappa shape index (κ2) is 3.97. The number of carbonyl (C=O) groups is 1. The standard InChI is InChI=1S/C11H17NOS/c1-11(5-2-6-14-11)8-12-9-3-4-10(13)7-9/h7,12H,2-6,8H2,1H3. The molecule has 2 nitrogen and oxygen atoms in total. The molecule has 1 atom stereocenters. The largest absolute Gasteiger partial charge is 0.387 e. The Morgan fingerprint density at radius 1 is 1.57 bits per heavy atom. The summed E-state index contributed by atoms with van der Waals surface area (Å²) in [4.78, 5) is 11.0. The third-order valence-corrected chi connectivity index (χ3v) is 4.50. The van der Waals surface area contributed by atoms with Crippen molar-refractivity contribution in [2.45, 2.75) is 37.4 Å². The summed E-state index contributed by atoms with van der Waals surface area (Å²) in [6.07, 6.45) is 6.02. The molecule has 1 unspecified atom stereocenters. The van der Waals surface area contributed by atoms with E-state index < -0.39 is 0 Å². The van der Waals surface area contributed by atoms with Crippen molar-refractivity contribution in [3.8, 4) is 0 Å². The molecule has 1 fully saturated rings. The van der Waals surface area contributed by atoms with E-state index in [1.165, 1.54) is 18.6 Å². The Kier molecular flexibility index (Phi) is 2.86. The molecule has 0 radical (unpaired) electrons. The number of ketones is 1. The molecule has 78 valence electrons. The van der Waals surface area contributed by atoms with Gasteiger partial charge in [0.1, 0.15) is 0 Å². The van der Waals surface area contributed by atoms with Crippen molar-refractivity contribution in [1.29, 1.82) is 0 Å². The van der Waals surface area contributed by atoms with Crippen LogP contribution in [0.1, 0.15) is 32.6 Å². The van der Waals surface area contributed by atoms with Crippen molar-refractivity contribution in [2.75, 3.05) is 12.3 Å². The van der Waals surface area contributed by atoms with E-state index in [0.717, 1.165) is 18.7 Å². The van der Waals surface area contributed by atoms with Crippen molar-refractivity contribution >= 4 is 17.5 Å². The molecule has 1 saturated heterocycles. The van der Waals surface area contributed by atoms with E-state index in [4.69, 9.17) is 0 Å². The molecule has 0 saturated carbocycles. The van der Waals surface area contributed by atoms with Gasteiger partial charge in [0.25, 0.3) is 0 Å². The molecule has 0 aromatic heterocycles. The molecular weight excluding hydrogens is 194 g/mol. The van der Waals surface area contributed by atoms with E-state index in [9.17, 15) is 4.79 Å². The molecule has 2 rings (SSSR count).